The molecule has 0 aliphatic carbocycles. The lowest BCUT2D eigenvalue weighted by molar-refractivity contribution is 0.102. The second kappa shape index (κ2) is 5.93. The molecule has 2 rings (SSSR count). The van der Waals surface area contributed by atoms with Gasteiger partial charge < -0.3 is 9.30 Å². The van der Waals surface area contributed by atoms with Crippen molar-refractivity contribution in [3.63, 3.8) is 0 Å². The molecule has 0 aromatic carbocycles. The Balaban J connectivity index is 2.13. The van der Waals surface area contributed by atoms with Crippen molar-refractivity contribution < 1.29 is 9.53 Å². The van der Waals surface area contributed by atoms with Crippen molar-refractivity contribution in [2.45, 2.75) is 13.0 Å². The maximum atomic E-state index is 12.0. The second-order valence-corrected chi connectivity index (χ2v) is 5.15. The molecule has 1 unspecified atom stereocenters. The van der Waals surface area contributed by atoms with Gasteiger partial charge in [0.2, 0.25) is 10.7 Å². The Hall–Kier alpha value is -2.06. The molecule has 0 fully saturated rings. The molecule has 0 saturated carbocycles. The molecule has 1 N–H and O–H groups in total. The third-order valence-electron chi connectivity index (χ3n) is 2.71. The van der Waals surface area contributed by atoms with Gasteiger partial charge in [-0.15, -0.1) is 10.2 Å². The molecule has 2 aromatic heterocycles. The van der Waals surface area contributed by atoms with Gasteiger partial charge in [-0.1, -0.05) is 11.3 Å². The first kappa shape index (κ1) is 14.4. The maximum absolute atomic E-state index is 12.0. The molecule has 0 bridgehead atoms. The lowest BCUT2D eigenvalue weighted by Gasteiger charge is -2.03. The van der Waals surface area contributed by atoms with Crippen molar-refractivity contribution in [2.75, 3.05) is 12.4 Å². The number of methoxy groups -OCH3 is 1. The summed E-state index contributed by atoms with van der Waals surface area (Å²) in [6.07, 6.45) is 1.30. The zero-order valence-corrected chi connectivity index (χ0v) is 12.1. The molecule has 1 amide bonds. The summed E-state index contributed by atoms with van der Waals surface area (Å²) in [4.78, 5) is 23.3. The van der Waals surface area contributed by atoms with Gasteiger partial charge in [-0.25, -0.2) is 0 Å². The zero-order chi connectivity index (χ0) is 14.7. The molecule has 2 aromatic rings. The lowest BCUT2D eigenvalue weighted by atomic mass is 10.2. The number of amides is 1. The van der Waals surface area contributed by atoms with Crippen LogP contribution in [0.5, 0.6) is 0 Å². The molecule has 0 saturated heterocycles. The van der Waals surface area contributed by atoms with E-state index in [2.05, 4.69) is 15.5 Å². The number of nitrogens with one attached hydrogen (secondary N) is 1. The van der Waals surface area contributed by atoms with Crippen LogP contribution in [0.4, 0.5) is 5.13 Å². The summed E-state index contributed by atoms with van der Waals surface area (Å²) in [6.45, 7) is 1.85. The van der Waals surface area contributed by atoms with Gasteiger partial charge in [0.1, 0.15) is 11.1 Å². The summed E-state index contributed by atoms with van der Waals surface area (Å²) >= 11 is 1.25. The van der Waals surface area contributed by atoms with Gasteiger partial charge in [0, 0.05) is 26.4 Å². The highest BCUT2D eigenvalue weighted by atomic mass is 32.1. The normalized spacial score (nSPS) is 12.2. The van der Waals surface area contributed by atoms with Crippen molar-refractivity contribution in [1.29, 1.82) is 0 Å². The fourth-order valence-corrected chi connectivity index (χ4v) is 2.22. The van der Waals surface area contributed by atoms with E-state index in [9.17, 15) is 9.59 Å². The van der Waals surface area contributed by atoms with E-state index in [1.54, 1.807) is 14.2 Å². The van der Waals surface area contributed by atoms with Gasteiger partial charge >= 0.3 is 0 Å². The van der Waals surface area contributed by atoms with E-state index < -0.39 is 0 Å². The molecular formula is C12H14N4O3S. The van der Waals surface area contributed by atoms with Crippen LogP contribution in [0.15, 0.2) is 23.1 Å². The first-order chi connectivity index (χ1) is 9.51. The fourth-order valence-electron chi connectivity index (χ4n) is 1.45. The fraction of sp³-hybridized carbons (Fsp3) is 0.333. The Morgan fingerprint density at radius 1 is 1.45 bits per heavy atom. The number of pyridine rings is 1. The summed E-state index contributed by atoms with van der Waals surface area (Å²) in [5.74, 6) is -0.339. The number of anilines is 1. The van der Waals surface area contributed by atoms with Crippen LogP contribution in [0.2, 0.25) is 0 Å². The number of nitrogens with zero attached hydrogens (tertiary/aromatic N) is 3. The molecular weight excluding hydrogens is 280 g/mol. The van der Waals surface area contributed by atoms with Gasteiger partial charge in [-0.2, -0.15) is 0 Å². The predicted octanol–water partition coefficient (Wildman–Crippen LogP) is 1.20. The third-order valence-corrected chi connectivity index (χ3v) is 3.71. The van der Waals surface area contributed by atoms with Crippen LogP contribution < -0.4 is 10.9 Å². The minimum Gasteiger partial charge on any atom is -0.374 e. The van der Waals surface area contributed by atoms with E-state index >= 15 is 0 Å². The molecule has 0 aliphatic heterocycles. The highest BCUT2D eigenvalue weighted by molar-refractivity contribution is 7.15. The molecule has 8 heteroatoms. The largest absolute Gasteiger partial charge is 0.374 e. The number of rotatable bonds is 4. The van der Waals surface area contributed by atoms with Gasteiger partial charge in [-0.3, -0.25) is 14.9 Å². The quantitative estimate of drug-likeness (QED) is 0.915. The van der Waals surface area contributed by atoms with Crippen LogP contribution in [0, 0.1) is 0 Å². The first-order valence-corrected chi connectivity index (χ1v) is 6.67. The lowest BCUT2D eigenvalue weighted by Crippen LogP contribution is -2.19. The second-order valence-electron chi connectivity index (χ2n) is 4.14. The molecule has 0 radical (unpaired) electrons. The van der Waals surface area contributed by atoms with E-state index in [-0.39, 0.29) is 17.6 Å². The molecule has 2 heterocycles. The van der Waals surface area contributed by atoms with Crippen LogP contribution in [-0.4, -0.2) is 27.8 Å². The smallest absolute Gasteiger partial charge is 0.258 e. The molecule has 20 heavy (non-hydrogen) atoms. The SMILES string of the molecule is COC(C)c1nnc(NC(=O)c2ccc(=O)n(C)c2)s1. The average Bonchev–Trinajstić information content (AvgIpc) is 2.89. The Bertz CT molecular complexity index is 679. The molecule has 0 aliphatic rings. The van der Waals surface area contributed by atoms with E-state index in [4.69, 9.17) is 4.74 Å². The van der Waals surface area contributed by atoms with Crippen molar-refractivity contribution in [2.24, 2.45) is 7.05 Å². The highest BCUT2D eigenvalue weighted by Gasteiger charge is 2.14. The third kappa shape index (κ3) is 3.09. The zero-order valence-electron chi connectivity index (χ0n) is 11.3. The van der Waals surface area contributed by atoms with Gasteiger partial charge in [0.05, 0.1) is 5.56 Å². The molecule has 106 valence electrons. The van der Waals surface area contributed by atoms with Crippen LogP contribution in [0.3, 0.4) is 0 Å². The number of aromatic nitrogens is 3. The van der Waals surface area contributed by atoms with E-state index in [1.165, 1.54) is 34.2 Å². The number of hydrogen-bond donors (Lipinski definition) is 1. The monoisotopic (exact) mass is 294 g/mol. The molecule has 0 spiro atoms. The minimum atomic E-state index is -0.339. The van der Waals surface area contributed by atoms with Crippen molar-refractivity contribution >= 4 is 22.4 Å². The highest BCUT2D eigenvalue weighted by Crippen LogP contribution is 2.23. The van der Waals surface area contributed by atoms with Crippen molar-refractivity contribution in [3.8, 4) is 0 Å². The summed E-state index contributed by atoms with van der Waals surface area (Å²) in [5, 5.41) is 11.5. The topological polar surface area (TPSA) is 86.1 Å². The van der Waals surface area contributed by atoms with Gasteiger partial charge in [-0.05, 0) is 13.0 Å². The Kier molecular flexibility index (Phi) is 4.26. The maximum Gasteiger partial charge on any atom is 0.258 e. The average molecular weight is 294 g/mol. The van der Waals surface area contributed by atoms with Gasteiger partial charge in [0.25, 0.3) is 5.91 Å². The summed E-state index contributed by atoms with van der Waals surface area (Å²) < 4.78 is 6.47. The van der Waals surface area contributed by atoms with E-state index in [1.807, 2.05) is 6.92 Å². The van der Waals surface area contributed by atoms with Crippen LogP contribution in [0.25, 0.3) is 0 Å². The summed E-state index contributed by atoms with van der Waals surface area (Å²) in [7, 11) is 3.16. The van der Waals surface area contributed by atoms with E-state index in [0.29, 0.717) is 15.7 Å². The van der Waals surface area contributed by atoms with Crippen molar-refractivity contribution in [3.05, 3.63) is 39.3 Å². The van der Waals surface area contributed by atoms with Crippen LogP contribution in [-0.2, 0) is 11.8 Å². The van der Waals surface area contributed by atoms with Gasteiger partial charge in [0.15, 0.2) is 0 Å². The Morgan fingerprint density at radius 2 is 2.20 bits per heavy atom. The predicted molar refractivity (Wildman–Crippen MR) is 75.0 cm³/mol. The Labute approximate surface area is 119 Å². The Morgan fingerprint density at radius 3 is 2.85 bits per heavy atom. The standard InChI is InChI=1S/C12H14N4O3S/c1-7(19-3)11-14-15-12(20-11)13-10(18)8-4-5-9(17)16(2)6-8/h4-7H,1-3H3,(H,13,15,18). The summed E-state index contributed by atoms with van der Waals surface area (Å²) in [6, 6.07) is 2.81. The summed E-state index contributed by atoms with van der Waals surface area (Å²) in [5.41, 5.74) is 0.206. The van der Waals surface area contributed by atoms with E-state index in [0.717, 1.165) is 0 Å². The van der Waals surface area contributed by atoms with Crippen LogP contribution in [0.1, 0.15) is 28.4 Å². The number of carbonyl (C=O) groups excluding carboxylic acids is 1. The minimum absolute atomic E-state index is 0.171. The number of aryl methyl sites for hydroxylation is 1. The molecule has 1 atom stereocenters. The first-order valence-electron chi connectivity index (χ1n) is 5.85. The number of hydrogen-bond acceptors (Lipinski definition) is 6. The van der Waals surface area contributed by atoms with Crippen molar-refractivity contribution in [1.82, 2.24) is 14.8 Å². The van der Waals surface area contributed by atoms with Crippen LogP contribution >= 0.6 is 11.3 Å². The molecule has 7 nitrogen and oxygen atoms in total. The number of ether oxygens (including phenoxy) is 1. The number of carbonyl (C=O) groups is 1.